The average Bonchev–Trinajstić information content (AvgIpc) is 2.88. The van der Waals surface area contributed by atoms with Crippen LogP contribution in [-0.4, -0.2) is 28.7 Å². The van der Waals surface area contributed by atoms with Crippen molar-refractivity contribution in [3.63, 3.8) is 0 Å². The molecule has 0 radical (unpaired) electrons. The van der Waals surface area contributed by atoms with Crippen LogP contribution in [0.15, 0.2) is 22.8 Å². The topological polar surface area (TPSA) is 45.4 Å². The summed E-state index contributed by atoms with van der Waals surface area (Å²) >= 11 is 2.03. The number of aliphatic hydroxyl groups excluding tert-OH is 1. The standard InChI is InChI=1S/C12H19NO2S/c1-12(5-3-7-16-12)9-13-8-10(14)11-4-2-6-15-11/h2,4,6,10,13-14H,3,5,7-9H2,1H3. The number of nitrogens with one attached hydrogen (secondary N) is 1. The Bertz CT molecular complexity index is 307. The Morgan fingerprint density at radius 3 is 3.19 bits per heavy atom. The number of rotatable bonds is 5. The number of thioether (sulfide) groups is 1. The van der Waals surface area contributed by atoms with Gasteiger partial charge >= 0.3 is 0 Å². The molecule has 1 aliphatic rings. The molecule has 0 aromatic carbocycles. The molecule has 4 heteroatoms. The first kappa shape index (κ1) is 12.0. The molecule has 2 heterocycles. The molecule has 3 nitrogen and oxygen atoms in total. The Balaban J connectivity index is 1.72. The number of hydrogen-bond acceptors (Lipinski definition) is 4. The Morgan fingerprint density at radius 2 is 2.56 bits per heavy atom. The molecule has 1 aliphatic heterocycles. The fourth-order valence-electron chi connectivity index (χ4n) is 2.03. The van der Waals surface area contributed by atoms with Gasteiger partial charge in [0.15, 0.2) is 0 Å². The lowest BCUT2D eigenvalue weighted by Gasteiger charge is -2.23. The van der Waals surface area contributed by atoms with E-state index in [2.05, 4.69) is 12.2 Å². The van der Waals surface area contributed by atoms with Gasteiger partial charge in [0.1, 0.15) is 11.9 Å². The predicted molar refractivity (Wildman–Crippen MR) is 66.6 cm³/mol. The van der Waals surface area contributed by atoms with Crippen molar-refractivity contribution in [3.8, 4) is 0 Å². The highest BCUT2D eigenvalue weighted by molar-refractivity contribution is 8.00. The molecule has 1 aromatic heterocycles. The number of aliphatic hydroxyl groups is 1. The maximum absolute atomic E-state index is 9.80. The van der Waals surface area contributed by atoms with Crippen molar-refractivity contribution in [2.24, 2.45) is 0 Å². The third kappa shape index (κ3) is 3.03. The average molecular weight is 241 g/mol. The van der Waals surface area contributed by atoms with Gasteiger partial charge in [-0.15, -0.1) is 0 Å². The van der Waals surface area contributed by atoms with Crippen LogP contribution < -0.4 is 5.32 Å². The first-order chi connectivity index (χ1) is 7.70. The van der Waals surface area contributed by atoms with Crippen LogP contribution in [0.1, 0.15) is 31.6 Å². The summed E-state index contributed by atoms with van der Waals surface area (Å²) in [5.74, 6) is 1.90. The Hall–Kier alpha value is -0.450. The van der Waals surface area contributed by atoms with Crippen molar-refractivity contribution in [3.05, 3.63) is 24.2 Å². The fraction of sp³-hybridized carbons (Fsp3) is 0.667. The second kappa shape index (κ2) is 5.25. The van der Waals surface area contributed by atoms with Gasteiger partial charge in [0.2, 0.25) is 0 Å². The summed E-state index contributed by atoms with van der Waals surface area (Å²) in [7, 11) is 0. The van der Waals surface area contributed by atoms with E-state index in [1.807, 2.05) is 11.8 Å². The molecule has 0 spiro atoms. The molecule has 1 fully saturated rings. The largest absolute Gasteiger partial charge is 0.467 e. The van der Waals surface area contributed by atoms with Crippen LogP contribution in [0.3, 0.4) is 0 Å². The molecule has 0 bridgehead atoms. The summed E-state index contributed by atoms with van der Waals surface area (Å²) in [5, 5.41) is 13.1. The SMILES string of the molecule is CC1(CNCC(O)c2ccco2)CCCS1. The molecule has 2 atom stereocenters. The van der Waals surface area contributed by atoms with E-state index in [9.17, 15) is 5.11 Å². The van der Waals surface area contributed by atoms with E-state index < -0.39 is 6.10 Å². The number of hydrogen-bond donors (Lipinski definition) is 2. The molecule has 16 heavy (non-hydrogen) atoms. The molecular weight excluding hydrogens is 222 g/mol. The van der Waals surface area contributed by atoms with Gasteiger partial charge in [0, 0.05) is 17.8 Å². The van der Waals surface area contributed by atoms with E-state index in [4.69, 9.17) is 4.42 Å². The van der Waals surface area contributed by atoms with Crippen LogP contribution in [0.2, 0.25) is 0 Å². The highest BCUT2D eigenvalue weighted by atomic mass is 32.2. The summed E-state index contributed by atoms with van der Waals surface area (Å²) < 4.78 is 5.50. The van der Waals surface area contributed by atoms with Gasteiger partial charge in [-0.2, -0.15) is 11.8 Å². The van der Waals surface area contributed by atoms with E-state index in [-0.39, 0.29) is 0 Å². The molecule has 0 saturated carbocycles. The van der Waals surface area contributed by atoms with Crippen molar-refractivity contribution < 1.29 is 9.52 Å². The van der Waals surface area contributed by atoms with Crippen molar-refractivity contribution in [2.75, 3.05) is 18.8 Å². The third-order valence-electron chi connectivity index (χ3n) is 3.01. The van der Waals surface area contributed by atoms with Crippen LogP contribution in [0, 0.1) is 0 Å². The Morgan fingerprint density at radius 1 is 1.69 bits per heavy atom. The highest BCUT2D eigenvalue weighted by Gasteiger charge is 2.29. The molecule has 0 amide bonds. The Kier molecular flexibility index (Phi) is 3.95. The van der Waals surface area contributed by atoms with Crippen molar-refractivity contribution in [2.45, 2.75) is 30.6 Å². The predicted octanol–water partition coefficient (Wildman–Crippen LogP) is 2.19. The smallest absolute Gasteiger partial charge is 0.133 e. The quantitative estimate of drug-likeness (QED) is 0.829. The zero-order valence-electron chi connectivity index (χ0n) is 9.61. The van der Waals surface area contributed by atoms with Crippen LogP contribution in [0.5, 0.6) is 0 Å². The van der Waals surface area contributed by atoms with Crippen molar-refractivity contribution >= 4 is 11.8 Å². The van der Waals surface area contributed by atoms with E-state index in [1.165, 1.54) is 18.6 Å². The molecule has 1 aromatic rings. The maximum atomic E-state index is 9.80. The van der Waals surface area contributed by atoms with Gasteiger partial charge in [-0.1, -0.05) is 0 Å². The minimum Gasteiger partial charge on any atom is -0.467 e. The highest BCUT2D eigenvalue weighted by Crippen LogP contribution is 2.36. The van der Waals surface area contributed by atoms with Gasteiger partial charge in [0.05, 0.1) is 6.26 Å². The van der Waals surface area contributed by atoms with Gasteiger partial charge in [-0.3, -0.25) is 0 Å². The monoisotopic (exact) mass is 241 g/mol. The summed E-state index contributed by atoms with van der Waals surface area (Å²) in [6, 6.07) is 3.60. The minimum absolute atomic E-state index is 0.350. The fourth-order valence-corrected chi connectivity index (χ4v) is 3.31. The summed E-state index contributed by atoms with van der Waals surface area (Å²) in [4.78, 5) is 0. The molecular formula is C12H19NO2S. The molecule has 0 aliphatic carbocycles. The second-order valence-electron chi connectivity index (χ2n) is 4.56. The van der Waals surface area contributed by atoms with Gasteiger partial charge in [-0.05, 0) is 37.7 Å². The summed E-state index contributed by atoms with van der Waals surface area (Å²) in [6.45, 7) is 3.80. The van der Waals surface area contributed by atoms with Gasteiger partial charge in [0.25, 0.3) is 0 Å². The maximum Gasteiger partial charge on any atom is 0.133 e. The number of furan rings is 1. The molecule has 1 saturated heterocycles. The lowest BCUT2D eigenvalue weighted by molar-refractivity contribution is 0.147. The van der Waals surface area contributed by atoms with Crippen LogP contribution >= 0.6 is 11.8 Å². The van der Waals surface area contributed by atoms with E-state index in [0.29, 0.717) is 17.1 Å². The summed E-state index contributed by atoms with van der Waals surface area (Å²) in [6.07, 6.45) is 3.63. The Labute approximate surface area is 101 Å². The lowest BCUT2D eigenvalue weighted by Crippen LogP contribution is -2.35. The van der Waals surface area contributed by atoms with Gasteiger partial charge in [-0.25, -0.2) is 0 Å². The van der Waals surface area contributed by atoms with E-state index in [0.717, 1.165) is 6.54 Å². The van der Waals surface area contributed by atoms with E-state index >= 15 is 0 Å². The zero-order chi connectivity index (χ0) is 11.4. The van der Waals surface area contributed by atoms with Crippen LogP contribution in [-0.2, 0) is 0 Å². The summed E-state index contributed by atoms with van der Waals surface area (Å²) in [5.41, 5.74) is 0. The molecule has 90 valence electrons. The van der Waals surface area contributed by atoms with Crippen molar-refractivity contribution in [1.82, 2.24) is 5.32 Å². The minimum atomic E-state index is -0.537. The first-order valence-electron chi connectivity index (χ1n) is 5.76. The third-order valence-corrected chi connectivity index (χ3v) is 4.55. The molecule has 2 N–H and O–H groups in total. The first-order valence-corrected chi connectivity index (χ1v) is 6.74. The second-order valence-corrected chi connectivity index (χ2v) is 6.25. The lowest BCUT2D eigenvalue weighted by atomic mass is 10.1. The van der Waals surface area contributed by atoms with Crippen molar-refractivity contribution in [1.29, 1.82) is 0 Å². The van der Waals surface area contributed by atoms with Gasteiger partial charge < -0.3 is 14.8 Å². The zero-order valence-corrected chi connectivity index (χ0v) is 10.4. The van der Waals surface area contributed by atoms with Crippen LogP contribution in [0.4, 0.5) is 0 Å². The van der Waals surface area contributed by atoms with Crippen LogP contribution in [0.25, 0.3) is 0 Å². The molecule has 2 rings (SSSR count). The molecule has 2 unspecified atom stereocenters. The normalized spacial score (nSPS) is 27.1. The van der Waals surface area contributed by atoms with E-state index in [1.54, 1.807) is 18.4 Å².